The first-order valence-electron chi connectivity index (χ1n) is 21.9. The second kappa shape index (κ2) is 14.7. The van der Waals surface area contributed by atoms with E-state index in [2.05, 4.69) is 175 Å². The molecule has 2 aliphatic rings. The molecule has 0 saturated heterocycles. The molecule has 0 N–H and O–H groups in total. The van der Waals surface area contributed by atoms with Gasteiger partial charge in [-0.15, -0.1) is 0 Å². The smallest absolute Gasteiger partial charge is 0.0763 e. The lowest BCUT2D eigenvalue weighted by Gasteiger charge is -2.41. The lowest BCUT2D eigenvalue weighted by molar-refractivity contribution is -0.00471. The van der Waals surface area contributed by atoms with Gasteiger partial charge in [-0.05, 0) is 87.6 Å². The topological polar surface area (TPSA) is 19.1 Å². The molecule has 0 aliphatic heterocycles. The van der Waals surface area contributed by atoms with Crippen molar-refractivity contribution in [3.05, 3.63) is 118 Å². The van der Waals surface area contributed by atoms with Crippen molar-refractivity contribution in [2.24, 2.45) is 0 Å². The minimum atomic E-state index is -2.38. The third-order valence-electron chi connectivity index (χ3n) is 12.9. The lowest BCUT2D eigenvalue weighted by Crippen LogP contribution is -2.45. The normalized spacial score (nSPS) is 17.5. The standard InChI is InChI=1S/C51H68N2OSi3/c1-35-25-27-43-41(31-35)45-47(52(43)33-55(6,7)8)37-21-15-17-23-39(37)49(45)57(12,30-20-14-13-19-29-54-51(3,4)5)50-40-24-18-16-22-38(40)48-46(50)42-32-36(2)26-28-44(42)53(48)34-56(9,10)11/h15-18,21-28,31-32,49-50H,13-14,19-20,29-30,33-34H2,1-12H3. The number of unbranched alkanes of at least 4 members (excludes halogenated alkanes) is 3. The summed E-state index contributed by atoms with van der Waals surface area (Å²) in [5.41, 5.74) is 18.8. The number of ether oxygens (including phenoxy) is 1. The number of nitrogens with zero attached hydrogens (tertiary/aromatic N) is 2. The summed E-state index contributed by atoms with van der Waals surface area (Å²) >= 11 is 0. The van der Waals surface area contributed by atoms with Gasteiger partial charge in [0, 0.05) is 63.0 Å². The molecule has 8 rings (SSSR count). The summed E-state index contributed by atoms with van der Waals surface area (Å²) in [6.45, 7) is 30.1. The van der Waals surface area contributed by atoms with Crippen molar-refractivity contribution < 1.29 is 4.74 Å². The number of benzene rings is 4. The molecule has 6 heteroatoms. The van der Waals surface area contributed by atoms with Crippen LogP contribution in [0.1, 0.15) is 90.9 Å². The maximum absolute atomic E-state index is 6.18. The molecule has 2 atom stereocenters. The minimum absolute atomic E-state index is 0.0767. The van der Waals surface area contributed by atoms with Crippen LogP contribution in [0.2, 0.25) is 51.9 Å². The van der Waals surface area contributed by atoms with Crippen LogP contribution in [0.4, 0.5) is 0 Å². The van der Waals surface area contributed by atoms with Crippen molar-refractivity contribution in [1.82, 2.24) is 9.13 Å². The molecule has 2 heterocycles. The summed E-state index contributed by atoms with van der Waals surface area (Å²) in [5.74, 6) is 0. The van der Waals surface area contributed by atoms with Gasteiger partial charge in [-0.3, -0.25) is 0 Å². The fourth-order valence-corrected chi connectivity index (χ4v) is 19.1. The third kappa shape index (κ3) is 7.42. The maximum Gasteiger partial charge on any atom is 0.0763 e. The molecule has 6 aromatic rings. The number of fused-ring (bicyclic) bond motifs is 10. The van der Waals surface area contributed by atoms with Gasteiger partial charge in [-0.25, -0.2) is 0 Å². The van der Waals surface area contributed by atoms with Crippen molar-refractivity contribution in [2.75, 3.05) is 6.61 Å². The molecule has 0 saturated carbocycles. The summed E-state index contributed by atoms with van der Waals surface area (Å²) in [6, 6.07) is 35.3. The Labute approximate surface area is 346 Å². The van der Waals surface area contributed by atoms with E-state index in [1.165, 1.54) is 80.8 Å². The average Bonchev–Trinajstić information content (AvgIpc) is 3.82. The zero-order chi connectivity index (χ0) is 40.7. The number of rotatable bonds is 13. The fourth-order valence-electron chi connectivity index (χ4n) is 10.8. The number of hydrogen-bond acceptors (Lipinski definition) is 1. The molecule has 3 nitrogen and oxygen atoms in total. The van der Waals surface area contributed by atoms with E-state index in [4.69, 9.17) is 4.74 Å². The zero-order valence-electron chi connectivity index (χ0n) is 37.2. The van der Waals surface area contributed by atoms with Gasteiger partial charge in [-0.2, -0.15) is 0 Å². The van der Waals surface area contributed by atoms with Crippen molar-refractivity contribution in [3.8, 4) is 22.5 Å². The van der Waals surface area contributed by atoms with Crippen LogP contribution < -0.4 is 0 Å². The molecule has 0 amide bonds. The Morgan fingerprint density at radius 1 is 0.561 bits per heavy atom. The molecule has 0 spiro atoms. The Hall–Kier alpha value is -3.43. The highest BCUT2D eigenvalue weighted by atomic mass is 28.3. The first-order valence-corrected chi connectivity index (χ1v) is 32.2. The van der Waals surface area contributed by atoms with Crippen LogP contribution in [0, 0.1) is 13.8 Å². The Morgan fingerprint density at radius 2 is 1.00 bits per heavy atom. The maximum atomic E-state index is 6.18. The van der Waals surface area contributed by atoms with Gasteiger partial charge in [0.2, 0.25) is 0 Å². The van der Waals surface area contributed by atoms with E-state index in [1.54, 1.807) is 22.3 Å². The Morgan fingerprint density at radius 3 is 1.44 bits per heavy atom. The van der Waals surface area contributed by atoms with Crippen LogP contribution in [0.25, 0.3) is 44.3 Å². The fraction of sp³-hybridized carbons (Fsp3) is 0.451. The van der Waals surface area contributed by atoms with E-state index in [0.717, 1.165) is 25.4 Å². The van der Waals surface area contributed by atoms with Gasteiger partial charge < -0.3 is 13.9 Å². The highest BCUT2D eigenvalue weighted by molar-refractivity contribution is 6.83. The monoisotopic (exact) mass is 808 g/mol. The van der Waals surface area contributed by atoms with E-state index >= 15 is 0 Å². The molecule has 0 radical (unpaired) electrons. The van der Waals surface area contributed by atoms with Gasteiger partial charge in [-0.1, -0.05) is 143 Å². The molecular formula is C51H68N2OSi3. The summed E-state index contributed by atoms with van der Waals surface area (Å²) in [5, 5.41) is 3.01. The summed E-state index contributed by atoms with van der Waals surface area (Å²) in [7, 11) is -5.35. The quantitative estimate of drug-likeness (QED) is 0.0840. The predicted molar refractivity (Wildman–Crippen MR) is 255 cm³/mol. The number of aromatic nitrogens is 2. The van der Waals surface area contributed by atoms with Gasteiger partial charge in [0.1, 0.15) is 0 Å². The van der Waals surface area contributed by atoms with Crippen LogP contribution in [0.15, 0.2) is 84.9 Å². The Kier molecular flexibility index (Phi) is 10.4. The highest BCUT2D eigenvalue weighted by Crippen LogP contribution is 2.62. The highest BCUT2D eigenvalue weighted by Gasteiger charge is 2.54. The van der Waals surface area contributed by atoms with E-state index in [9.17, 15) is 0 Å². The van der Waals surface area contributed by atoms with Crippen LogP contribution in [-0.2, 0) is 17.1 Å². The number of aryl methyl sites for hydroxylation is 2. The Balaban J connectivity index is 1.38. The van der Waals surface area contributed by atoms with Crippen LogP contribution in [0.5, 0.6) is 0 Å². The second-order valence-corrected chi connectivity index (χ2v) is 37.1. The zero-order valence-corrected chi connectivity index (χ0v) is 40.2. The van der Waals surface area contributed by atoms with E-state index in [0.29, 0.717) is 11.1 Å². The molecule has 0 fully saturated rings. The molecule has 2 aromatic heterocycles. The van der Waals surface area contributed by atoms with E-state index < -0.39 is 24.2 Å². The first-order chi connectivity index (χ1) is 26.9. The Bertz CT molecular complexity index is 2310. The summed E-state index contributed by atoms with van der Waals surface area (Å²) in [6.07, 6.45) is 7.15. The van der Waals surface area contributed by atoms with Gasteiger partial charge in [0.15, 0.2) is 0 Å². The average molecular weight is 809 g/mol. The molecule has 0 bridgehead atoms. The van der Waals surface area contributed by atoms with Crippen LogP contribution in [0.3, 0.4) is 0 Å². The molecule has 57 heavy (non-hydrogen) atoms. The van der Waals surface area contributed by atoms with Crippen LogP contribution in [-0.4, -0.2) is 45.6 Å². The SMILES string of the molecule is Cc1ccc2c(c1)c1c(n2C[Si](C)(C)C)-c2ccccc2C1[Si](C)(CCCCCCOC(C)(C)C)C1c2ccccc2-c2c1c1cc(C)ccc1n2C[Si](C)(C)C. The summed E-state index contributed by atoms with van der Waals surface area (Å²) < 4.78 is 11.8. The van der Waals surface area contributed by atoms with Crippen molar-refractivity contribution in [1.29, 1.82) is 0 Å². The van der Waals surface area contributed by atoms with Gasteiger partial charge >= 0.3 is 0 Å². The van der Waals surface area contributed by atoms with Crippen molar-refractivity contribution in [3.63, 3.8) is 0 Å². The minimum Gasteiger partial charge on any atom is -0.376 e. The van der Waals surface area contributed by atoms with E-state index in [1.807, 2.05) is 0 Å². The van der Waals surface area contributed by atoms with Gasteiger partial charge in [0.25, 0.3) is 0 Å². The largest absolute Gasteiger partial charge is 0.376 e. The predicted octanol–water partition coefficient (Wildman–Crippen LogP) is 14.4. The van der Waals surface area contributed by atoms with Crippen LogP contribution >= 0.6 is 0 Å². The van der Waals surface area contributed by atoms with Crippen molar-refractivity contribution in [2.45, 2.75) is 141 Å². The van der Waals surface area contributed by atoms with E-state index in [-0.39, 0.29) is 5.60 Å². The second-order valence-electron chi connectivity index (χ2n) is 21.5. The molecule has 300 valence electrons. The molecule has 2 unspecified atom stereocenters. The number of hydrogen-bond donors (Lipinski definition) is 0. The molecule has 4 aromatic carbocycles. The van der Waals surface area contributed by atoms with Gasteiger partial charge in [0.05, 0.1) is 41.2 Å². The molecule has 2 aliphatic carbocycles. The van der Waals surface area contributed by atoms with Crippen molar-refractivity contribution >= 4 is 46.0 Å². The first kappa shape index (κ1) is 40.4. The lowest BCUT2D eigenvalue weighted by atomic mass is 10.1. The third-order valence-corrected chi connectivity index (χ3v) is 20.7. The molecular weight excluding hydrogens is 741 g/mol. The summed E-state index contributed by atoms with van der Waals surface area (Å²) in [4.78, 5) is 0.